The number of benzene rings is 1. The molecule has 1 aromatic carbocycles. The Kier molecular flexibility index (Phi) is 6.90. The molecular formula is C25H37NO3Si. The summed E-state index contributed by atoms with van der Waals surface area (Å²) in [7, 11) is -1.87. The maximum Gasteiger partial charge on any atom is 0.414 e. The van der Waals surface area contributed by atoms with Crippen molar-refractivity contribution >= 4 is 20.0 Å². The normalized spacial score (nSPS) is 27.8. The Morgan fingerprint density at radius 1 is 1.13 bits per heavy atom. The van der Waals surface area contributed by atoms with Crippen molar-refractivity contribution in [2.24, 2.45) is 17.8 Å². The van der Waals surface area contributed by atoms with E-state index >= 15 is 0 Å². The molecule has 0 unspecified atom stereocenters. The summed E-state index contributed by atoms with van der Waals surface area (Å²) in [5, 5.41) is 0.823. The lowest BCUT2D eigenvalue weighted by molar-refractivity contribution is -0.116. The second kappa shape index (κ2) is 9.09. The first-order valence-corrected chi connectivity index (χ1v) is 14.9. The number of hydrogen-bond donors (Lipinski definition) is 0. The molecular weight excluding hydrogens is 390 g/mol. The maximum atomic E-state index is 13.5. The van der Waals surface area contributed by atoms with E-state index in [-0.39, 0.29) is 24.0 Å². The molecule has 0 bridgehead atoms. The largest absolute Gasteiger partial charge is 0.446 e. The molecule has 1 amide bonds. The predicted octanol–water partition coefficient (Wildman–Crippen LogP) is 6.36. The molecule has 164 valence electrons. The fourth-order valence-electron chi connectivity index (χ4n) is 4.87. The Bertz CT molecular complexity index is 796. The number of ether oxygens (including phenoxy) is 1. The van der Waals surface area contributed by atoms with E-state index < -0.39 is 8.07 Å². The lowest BCUT2D eigenvalue weighted by Crippen LogP contribution is -2.44. The average Bonchev–Trinajstić information content (AvgIpc) is 2.67. The monoisotopic (exact) mass is 427 g/mol. The van der Waals surface area contributed by atoms with Gasteiger partial charge in [-0.15, -0.1) is 0 Å². The van der Waals surface area contributed by atoms with Crippen LogP contribution in [0.1, 0.15) is 58.1 Å². The van der Waals surface area contributed by atoms with Crippen LogP contribution in [0.25, 0.3) is 0 Å². The SMILES string of the molecule is CC(C)[C@@H]1CC[C@@H](C)C[C@H]1OC(=O)N1C=C([Si](C)(C)C)C(=O)C[C@@H]1c1ccccc1. The van der Waals surface area contributed by atoms with Crippen LogP contribution in [0.2, 0.25) is 19.6 Å². The Labute approximate surface area is 182 Å². The van der Waals surface area contributed by atoms with Crippen molar-refractivity contribution in [1.82, 2.24) is 4.90 Å². The molecule has 4 nitrogen and oxygen atoms in total. The zero-order chi connectivity index (χ0) is 22.1. The summed E-state index contributed by atoms with van der Waals surface area (Å²) in [4.78, 5) is 28.1. The van der Waals surface area contributed by atoms with Crippen molar-refractivity contribution in [3.8, 4) is 0 Å². The standard InChI is InChI=1S/C25H37NO3Si/c1-17(2)20-13-12-18(3)14-23(20)29-25(28)26-16-24(30(4,5)6)22(27)15-21(26)19-10-8-7-9-11-19/h7-11,16-18,20-21,23H,12-15H2,1-6H3/t18-,20+,21-,23-/m1/s1. The summed E-state index contributed by atoms with van der Waals surface area (Å²) in [6.07, 6.45) is 4.99. The topological polar surface area (TPSA) is 46.6 Å². The quantitative estimate of drug-likeness (QED) is 0.525. The first-order chi connectivity index (χ1) is 14.1. The van der Waals surface area contributed by atoms with Crippen LogP contribution < -0.4 is 0 Å². The van der Waals surface area contributed by atoms with Gasteiger partial charge >= 0.3 is 6.09 Å². The van der Waals surface area contributed by atoms with Crippen LogP contribution in [0.3, 0.4) is 0 Å². The van der Waals surface area contributed by atoms with Gasteiger partial charge < -0.3 is 4.74 Å². The average molecular weight is 428 g/mol. The molecule has 2 aliphatic rings. The van der Waals surface area contributed by atoms with Gasteiger partial charge in [-0.25, -0.2) is 4.79 Å². The second-order valence-corrected chi connectivity index (χ2v) is 15.5. The highest BCUT2D eigenvalue weighted by Crippen LogP contribution is 2.38. The smallest absolute Gasteiger partial charge is 0.414 e. The third-order valence-corrected chi connectivity index (χ3v) is 8.72. The number of hydrogen-bond acceptors (Lipinski definition) is 3. The van der Waals surface area contributed by atoms with Gasteiger partial charge in [0.1, 0.15) is 6.10 Å². The van der Waals surface area contributed by atoms with E-state index in [1.807, 2.05) is 36.5 Å². The molecule has 0 radical (unpaired) electrons. The van der Waals surface area contributed by atoms with Gasteiger partial charge in [-0.3, -0.25) is 9.69 Å². The molecule has 0 spiro atoms. The number of ketones is 1. The van der Waals surface area contributed by atoms with Gasteiger partial charge in [-0.1, -0.05) is 77.2 Å². The first-order valence-electron chi connectivity index (χ1n) is 11.4. The minimum absolute atomic E-state index is 0.0565. The van der Waals surface area contributed by atoms with Crippen LogP contribution in [-0.4, -0.2) is 31.0 Å². The summed E-state index contributed by atoms with van der Waals surface area (Å²) >= 11 is 0. The van der Waals surface area contributed by atoms with Crippen LogP contribution in [0.5, 0.6) is 0 Å². The van der Waals surface area contributed by atoms with E-state index in [1.165, 1.54) is 6.42 Å². The van der Waals surface area contributed by atoms with Crippen molar-refractivity contribution in [2.45, 2.75) is 78.2 Å². The second-order valence-electron chi connectivity index (χ2n) is 10.5. The Balaban J connectivity index is 1.92. The van der Waals surface area contributed by atoms with Crippen molar-refractivity contribution in [2.75, 3.05) is 0 Å². The van der Waals surface area contributed by atoms with Gasteiger partial charge in [-0.2, -0.15) is 0 Å². The molecule has 1 aliphatic heterocycles. The molecule has 1 heterocycles. The van der Waals surface area contributed by atoms with Crippen LogP contribution in [-0.2, 0) is 9.53 Å². The summed E-state index contributed by atoms with van der Waals surface area (Å²) in [6.45, 7) is 13.1. The van der Waals surface area contributed by atoms with Gasteiger partial charge in [0, 0.05) is 12.6 Å². The lowest BCUT2D eigenvalue weighted by Gasteiger charge is -2.40. The molecule has 4 atom stereocenters. The van der Waals surface area contributed by atoms with E-state index in [0.29, 0.717) is 24.2 Å². The summed E-state index contributed by atoms with van der Waals surface area (Å²) in [5.74, 6) is 1.61. The summed E-state index contributed by atoms with van der Waals surface area (Å²) in [5.41, 5.74) is 0.978. The van der Waals surface area contributed by atoms with E-state index in [0.717, 1.165) is 23.6 Å². The van der Waals surface area contributed by atoms with E-state index in [1.54, 1.807) is 4.90 Å². The highest BCUT2D eigenvalue weighted by molar-refractivity contribution is 6.87. The third-order valence-electron chi connectivity index (χ3n) is 6.70. The van der Waals surface area contributed by atoms with Crippen molar-refractivity contribution < 1.29 is 14.3 Å². The number of allylic oxidation sites excluding steroid dienone is 1. The Morgan fingerprint density at radius 2 is 1.80 bits per heavy atom. The fourth-order valence-corrected chi connectivity index (χ4v) is 6.34. The molecule has 5 heteroatoms. The molecule has 0 aromatic heterocycles. The molecule has 1 aromatic rings. The third kappa shape index (κ3) is 5.05. The zero-order valence-corrected chi connectivity index (χ0v) is 20.4. The Hall–Kier alpha value is -1.88. The molecule has 30 heavy (non-hydrogen) atoms. The Morgan fingerprint density at radius 3 is 2.40 bits per heavy atom. The number of carbonyl (C=O) groups is 2. The lowest BCUT2D eigenvalue weighted by atomic mass is 9.75. The molecule has 0 N–H and O–H groups in total. The number of Topliss-reactive ketones (excluding diaryl/α,β-unsaturated/α-hetero) is 1. The molecule has 1 saturated carbocycles. The number of nitrogens with zero attached hydrogens (tertiary/aromatic N) is 1. The van der Waals surface area contributed by atoms with Gasteiger partial charge in [0.25, 0.3) is 0 Å². The number of rotatable bonds is 4. The van der Waals surface area contributed by atoms with Crippen molar-refractivity contribution in [3.05, 3.63) is 47.3 Å². The van der Waals surface area contributed by atoms with Crippen LogP contribution >= 0.6 is 0 Å². The van der Waals surface area contributed by atoms with Crippen molar-refractivity contribution in [3.63, 3.8) is 0 Å². The fraction of sp³-hybridized carbons (Fsp3) is 0.600. The zero-order valence-electron chi connectivity index (χ0n) is 19.4. The van der Waals surface area contributed by atoms with Gasteiger partial charge in [0.05, 0.1) is 14.1 Å². The van der Waals surface area contributed by atoms with Crippen LogP contribution in [0.15, 0.2) is 41.7 Å². The van der Waals surface area contributed by atoms with E-state index in [9.17, 15) is 9.59 Å². The van der Waals surface area contributed by atoms with Crippen molar-refractivity contribution in [1.29, 1.82) is 0 Å². The van der Waals surface area contributed by atoms with Gasteiger partial charge in [-0.05, 0) is 41.4 Å². The summed E-state index contributed by atoms with van der Waals surface area (Å²) in [6, 6.07) is 9.55. The predicted molar refractivity (Wildman–Crippen MR) is 124 cm³/mol. The van der Waals surface area contributed by atoms with Gasteiger partial charge in [0.2, 0.25) is 0 Å². The van der Waals surface area contributed by atoms with Crippen LogP contribution in [0, 0.1) is 17.8 Å². The molecule has 1 aliphatic carbocycles. The molecule has 1 fully saturated rings. The van der Waals surface area contributed by atoms with E-state index in [4.69, 9.17) is 4.74 Å². The number of amides is 1. The van der Waals surface area contributed by atoms with Crippen LogP contribution in [0.4, 0.5) is 4.79 Å². The molecule has 0 saturated heterocycles. The van der Waals surface area contributed by atoms with E-state index in [2.05, 4.69) is 40.4 Å². The summed E-state index contributed by atoms with van der Waals surface area (Å²) < 4.78 is 6.17. The van der Waals surface area contributed by atoms with Gasteiger partial charge in [0.15, 0.2) is 5.78 Å². The minimum atomic E-state index is -1.87. The minimum Gasteiger partial charge on any atom is -0.446 e. The number of carbonyl (C=O) groups excluding carboxylic acids is 2. The first kappa shape index (κ1) is 22.8. The highest BCUT2D eigenvalue weighted by atomic mass is 28.3. The highest BCUT2D eigenvalue weighted by Gasteiger charge is 2.40. The molecule has 3 rings (SSSR count). The maximum absolute atomic E-state index is 13.5.